The molecule has 8 heteroatoms. The van der Waals surface area contributed by atoms with Crippen LogP contribution in [0.3, 0.4) is 0 Å². The molecule has 0 radical (unpaired) electrons. The summed E-state index contributed by atoms with van der Waals surface area (Å²) < 4.78 is 31.7. The van der Waals surface area contributed by atoms with Gasteiger partial charge in [-0.05, 0) is 38.8 Å². The van der Waals surface area contributed by atoms with Gasteiger partial charge in [0, 0.05) is 6.04 Å². The van der Waals surface area contributed by atoms with E-state index in [9.17, 15) is 18.0 Å². The molecule has 5 nitrogen and oxygen atoms in total. The lowest BCUT2D eigenvalue weighted by atomic mass is 9.97. The first kappa shape index (κ1) is 15.7. The number of aliphatic carboxylic acids is 2. The molecule has 0 spiro atoms. The van der Waals surface area contributed by atoms with Crippen LogP contribution in [0.2, 0.25) is 0 Å². The average molecular weight is 283 g/mol. The van der Waals surface area contributed by atoms with Gasteiger partial charge in [-0.25, -0.2) is 4.79 Å². The van der Waals surface area contributed by atoms with Gasteiger partial charge in [0.05, 0.1) is 5.92 Å². The molecule has 1 aliphatic carbocycles. The molecule has 0 aromatic heterocycles. The highest BCUT2D eigenvalue weighted by Crippen LogP contribution is 2.30. The second-order valence-corrected chi connectivity index (χ2v) is 4.68. The second kappa shape index (κ2) is 6.23. The number of carboxylic acids is 2. The first-order valence-electron chi connectivity index (χ1n) is 5.98. The van der Waals surface area contributed by atoms with Crippen LogP contribution in [0.15, 0.2) is 0 Å². The van der Waals surface area contributed by atoms with Gasteiger partial charge in [-0.1, -0.05) is 0 Å². The van der Waals surface area contributed by atoms with Gasteiger partial charge in [0.2, 0.25) is 0 Å². The van der Waals surface area contributed by atoms with E-state index >= 15 is 0 Å². The molecular weight excluding hydrogens is 267 g/mol. The maximum absolute atomic E-state index is 10.6. The summed E-state index contributed by atoms with van der Waals surface area (Å²) in [4.78, 5) is 22.0. The van der Waals surface area contributed by atoms with E-state index in [0.29, 0.717) is 0 Å². The highest BCUT2D eigenvalue weighted by molar-refractivity contribution is 5.73. The number of piperidine rings is 1. The van der Waals surface area contributed by atoms with Gasteiger partial charge >= 0.3 is 18.1 Å². The highest BCUT2D eigenvalue weighted by atomic mass is 19.4. The van der Waals surface area contributed by atoms with Crippen molar-refractivity contribution in [1.82, 2.24) is 4.90 Å². The summed E-state index contributed by atoms with van der Waals surface area (Å²) in [6.45, 7) is 2.00. The minimum Gasteiger partial charge on any atom is -0.481 e. The molecule has 0 bridgehead atoms. The zero-order chi connectivity index (χ0) is 14.6. The van der Waals surface area contributed by atoms with Crippen molar-refractivity contribution in [3.8, 4) is 0 Å². The van der Waals surface area contributed by atoms with Crippen LogP contribution in [0.1, 0.15) is 25.7 Å². The number of carboxylic acid groups (broad SMARTS) is 2. The molecule has 2 fully saturated rings. The molecule has 0 aromatic rings. The average Bonchev–Trinajstić information content (AvgIpc) is 3.12. The smallest absolute Gasteiger partial charge is 0.481 e. The van der Waals surface area contributed by atoms with E-state index in [4.69, 9.17) is 15.0 Å². The largest absolute Gasteiger partial charge is 0.490 e. The summed E-state index contributed by atoms with van der Waals surface area (Å²) in [5.74, 6) is -3.43. The van der Waals surface area contributed by atoms with Crippen molar-refractivity contribution in [2.24, 2.45) is 5.92 Å². The van der Waals surface area contributed by atoms with E-state index in [1.807, 2.05) is 0 Å². The third-order valence-electron chi connectivity index (χ3n) is 3.18. The fourth-order valence-electron chi connectivity index (χ4n) is 1.95. The van der Waals surface area contributed by atoms with Gasteiger partial charge in [0.1, 0.15) is 0 Å². The van der Waals surface area contributed by atoms with E-state index in [0.717, 1.165) is 32.0 Å². The van der Waals surface area contributed by atoms with Crippen molar-refractivity contribution in [1.29, 1.82) is 0 Å². The van der Waals surface area contributed by atoms with E-state index in [1.165, 1.54) is 12.8 Å². The Kier molecular flexibility index (Phi) is 5.16. The molecular formula is C11H16F3NO4. The lowest BCUT2D eigenvalue weighted by molar-refractivity contribution is -0.192. The van der Waals surface area contributed by atoms with E-state index in [1.54, 1.807) is 0 Å². The first-order chi connectivity index (χ1) is 8.71. The predicted octanol–water partition coefficient (Wildman–Crippen LogP) is 1.58. The molecule has 1 aliphatic heterocycles. The van der Waals surface area contributed by atoms with Crippen LogP contribution in [0.25, 0.3) is 0 Å². The second-order valence-electron chi connectivity index (χ2n) is 4.68. The van der Waals surface area contributed by atoms with Crippen molar-refractivity contribution in [3.63, 3.8) is 0 Å². The molecule has 0 amide bonds. The zero-order valence-electron chi connectivity index (χ0n) is 10.2. The number of nitrogens with zero attached hydrogens (tertiary/aromatic N) is 1. The van der Waals surface area contributed by atoms with Crippen molar-refractivity contribution in [2.75, 3.05) is 13.1 Å². The number of hydrogen-bond acceptors (Lipinski definition) is 3. The van der Waals surface area contributed by atoms with Gasteiger partial charge in [-0.15, -0.1) is 0 Å². The number of hydrogen-bond donors (Lipinski definition) is 2. The van der Waals surface area contributed by atoms with Crippen LogP contribution in [0.5, 0.6) is 0 Å². The molecule has 110 valence electrons. The number of likely N-dealkylation sites (tertiary alicyclic amines) is 1. The van der Waals surface area contributed by atoms with Gasteiger partial charge < -0.3 is 15.1 Å². The first-order valence-corrected chi connectivity index (χ1v) is 5.98. The summed E-state index contributed by atoms with van der Waals surface area (Å²) in [7, 11) is 0. The standard InChI is InChI=1S/C9H15NO2.C2HF3O2/c11-9(12)7-3-5-10(6-4-7)8-1-2-8;3-2(4,5)1(6)7/h7-8H,1-6H2,(H,11,12);(H,6,7). The third-order valence-corrected chi connectivity index (χ3v) is 3.18. The Morgan fingerprint density at radius 1 is 1.00 bits per heavy atom. The van der Waals surface area contributed by atoms with Gasteiger partial charge in [0.15, 0.2) is 0 Å². The number of alkyl halides is 3. The van der Waals surface area contributed by atoms with Crippen LogP contribution < -0.4 is 0 Å². The van der Waals surface area contributed by atoms with E-state index in [-0.39, 0.29) is 5.92 Å². The molecule has 2 aliphatic rings. The van der Waals surface area contributed by atoms with Gasteiger partial charge in [-0.3, -0.25) is 4.79 Å². The Labute approximate surface area is 108 Å². The predicted molar refractivity (Wildman–Crippen MR) is 58.6 cm³/mol. The highest BCUT2D eigenvalue weighted by Gasteiger charge is 2.38. The number of rotatable bonds is 2. The lowest BCUT2D eigenvalue weighted by Gasteiger charge is -2.29. The molecule has 0 atom stereocenters. The summed E-state index contributed by atoms with van der Waals surface area (Å²) in [5.41, 5.74) is 0. The van der Waals surface area contributed by atoms with E-state index in [2.05, 4.69) is 4.90 Å². The van der Waals surface area contributed by atoms with Crippen LogP contribution in [0.4, 0.5) is 13.2 Å². The fourth-order valence-corrected chi connectivity index (χ4v) is 1.95. The zero-order valence-corrected chi connectivity index (χ0v) is 10.2. The summed E-state index contributed by atoms with van der Waals surface area (Å²) in [5, 5.41) is 15.9. The Balaban J connectivity index is 0.000000224. The monoisotopic (exact) mass is 283 g/mol. The summed E-state index contributed by atoms with van der Waals surface area (Å²) in [6.07, 6.45) is -0.715. The molecule has 2 N–H and O–H groups in total. The van der Waals surface area contributed by atoms with Crippen molar-refractivity contribution >= 4 is 11.9 Å². The van der Waals surface area contributed by atoms with Gasteiger partial charge in [0.25, 0.3) is 0 Å². The Bertz CT molecular complexity index is 333. The summed E-state index contributed by atoms with van der Waals surface area (Å²) >= 11 is 0. The number of halogens is 3. The lowest BCUT2D eigenvalue weighted by Crippen LogP contribution is -2.37. The summed E-state index contributed by atoms with van der Waals surface area (Å²) in [6, 6.07) is 0.805. The van der Waals surface area contributed by atoms with Crippen LogP contribution >= 0.6 is 0 Å². The SMILES string of the molecule is O=C(O)C(F)(F)F.O=C(O)C1CCN(C2CC2)CC1. The minimum atomic E-state index is -5.08. The Hall–Kier alpha value is -1.31. The topological polar surface area (TPSA) is 77.8 Å². The molecule has 2 rings (SSSR count). The van der Waals surface area contributed by atoms with Crippen molar-refractivity contribution in [2.45, 2.75) is 37.9 Å². The quantitative estimate of drug-likeness (QED) is 0.804. The molecule has 0 aromatic carbocycles. The Morgan fingerprint density at radius 3 is 1.68 bits per heavy atom. The maximum Gasteiger partial charge on any atom is 0.490 e. The molecule has 19 heavy (non-hydrogen) atoms. The normalized spacial score (nSPS) is 21.4. The van der Waals surface area contributed by atoms with Crippen LogP contribution in [0, 0.1) is 5.92 Å². The van der Waals surface area contributed by atoms with Crippen LogP contribution in [-0.2, 0) is 9.59 Å². The Morgan fingerprint density at radius 2 is 1.42 bits per heavy atom. The minimum absolute atomic E-state index is 0.0694. The molecule has 1 saturated carbocycles. The number of carbonyl (C=O) groups is 2. The van der Waals surface area contributed by atoms with Gasteiger partial charge in [-0.2, -0.15) is 13.2 Å². The third kappa shape index (κ3) is 5.46. The molecule has 0 unspecified atom stereocenters. The molecule has 1 heterocycles. The van der Waals surface area contributed by atoms with Crippen LogP contribution in [-0.4, -0.2) is 52.4 Å². The van der Waals surface area contributed by atoms with E-state index < -0.39 is 18.1 Å². The molecule has 1 saturated heterocycles. The van der Waals surface area contributed by atoms with Crippen molar-refractivity contribution in [3.05, 3.63) is 0 Å². The maximum atomic E-state index is 10.6. The fraction of sp³-hybridized carbons (Fsp3) is 0.818. The van der Waals surface area contributed by atoms with Crippen molar-refractivity contribution < 1.29 is 33.0 Å².